The lowest BCUT2D eigenvalue weighted by Gasteiger charge is -2.11. The molecule has 0 aromatic rings. The molecular formula is C13H29N5O. The van der Waals surface area contributed by atoms with Gasteiger partial charge in [0.1, 0.15) is 0 Å². The Labute approximate surface area is 116 Å². The van der Waals surface area contributed by atoms with Gasteiger partial charge in [-0.25, -0.2) is 0 Å². The van der Waals surface area contributed by atoms with Crippen LogP contribution in [0.5, 0.6) is 0 Å². The van der Waals surface area contributed by atoms with Crippen LogP contribution >= 0.6 is 0 Å². The summed E-state index contributed by atoms with van der Waals surface area (Å²) in [5.74, 6) is 0.488. The molecule has 0 heterocycles. The summed E-state index contributed by atoms with van der Waals surface area (Å²) in [6.45, 7) is 7.12. The highest BCUT2D eigenvalue weighted by atomic mass is 16.2. The van der Waals surface area contributed by atoms with E-state index in [-0.39, 0.29) is 5.91 Å². The minimum Gasteiger partial charge on any atom is -0.388 e. The van der Waals surface area contributed by atoms with Crippen molar-refractivity contribution in [2.45, 2.75) is 45.6 Å². The first-order valence-electron chi connectivity index (χ1n) is 7.08. The van der Waals surface area contributed by atoms with Crippen molar-refractivity contribution < 1.29 is 4.79 Å². The number of amides is 1. The molecule has 0 saturated carbocycles. The van der Waals surface area contributed by atoms with Gasteiger partial charge in [-0.1, -0.05) is 6.92 Å². The number of carbonyl (C=O) groups is 1. The van der Waals surface area contributed by atoms with E-state index in [1.165, 1.54) is 0 Å². The van der Waals surface area contributed by atoms with E-state index in [9.17, 15) is 4.79 Å². The molecule has 0 aliphatic carbocycles. The van der Waals surface area contributed by atoms with E-state index in [0.717, 1.165) is 32.4 Å². The van der Waals surface area contributed by atoms with E-state index in [0.29, 0.717) is 25.3 Å². The number of hydrogen-bond acceptors (Lipinski definition) is 4. The predicted octanol–water partition coefficient (Wildman–Crippen LogP) is -0.0231. The molecule has 0 rings (SSSR count). The number of nitrogens with one attached hydrogen (secondary N) is 2. The SMILES string of the molecule is CCCNCCCNC(=O)[C@@H](N)CCCN=C(C)N. The molecule has 1 amide bonds. The molecule has 0 unspecified atom stereocenters. The molecule has 0 saturated heterocycles. The average molecular weight is 271 g/mol. The van der Waals surface area contributed by atoms with Gasteiger partial charge in [0, 0.05) is 13.1 Å². The van der Waals surface area contributed by atoms with Crippen molar-refractivity contribution in [1.29, 1.82) is 0 Å². The maximum Gasteiger partial charge on any atom is 0.236 e. The molecule has 112 valence electrons. The molecule has 0 aliphatic rings. The zero-order valence-corrected chi connectivity index (χ0v) is 12.2. The minimum absolute atomic E-state index is 0.0797. The fraction of sp³-hybridized carbons (Fsp3) is 0.846. The van der Waals surface area contributed by atoms with Gasteiger partial charge >= 0.3 is 0 Å². The summed E-state index contributed by atoms with van der Waals surface area (Å²) in [6.07, 6.45) is 3.47. The number of rotatable bonds is 11. The van der Waals surface area contributed by atoms with Crippen molar-refractivity contribution in [3.05, 3.63) is 0 Å². The summed E-state index contributed by atoms with van der Waals surface area (Å²) >= 11 is 0. The van der Waals surface area contributed by atoms with E-state index in [1.807, 2.05) is 0 Å². The Kier molecular flexibility index (Phi) is 11.2. The van der Waals surface area contributed by atoms with Crippen LogP contribution in [0.3, 0.4) is 0 Å². The largest absolute Gasteiger partial charge is 0.388 e. The maximum absolute atomic E-state index is 11.6. The van der Waals surface area contributed by atoms with Crippen LogP contribution in [0.2, 0.25) is 0 Å². The standard InChI is InChI=1S/C13H29N5O/c1-3-7-16-8-5-10-18-13(19)12(15)6-4-9-17-11(2)14/h12,16H,3-10,15H2,1-2H3,(H2,14,17)(H,18,19)/t12-/m0/s1. The van der Waals surface area contributed by atoms with E-state index >= 15 is 0 Å². The van der Waals surface area contributed by atoms with E-state index < -0.39 is 6.04 Å². The molecule has 19 heavy (non-hydrogen) atoms. The molecule has 0 aliphatic heterocycles. The third kappa shape index (κ3) is 11.7. The maximum atomic E-state index is 11.6. The molecule has 1 atom stereocenters. The first-order valence-corrected chi connectivity index (χ1v) is 7.08. The lowest BCUT2D eigenvalue weighted by molar-refractivity contribution is -0.122. The fourth-order valence-corrected chi connectivity index (χ4v) is 1.56. The fourth-order valence-electron chi connectivity index (χ4n) is 1.56. The molecular weight excluding hydrogens is 242 g/mol. The van der Waals surface area contributed by atoms with Crippen molar-refractivity contribution in [2.75, 3.05) is 26.2 Å². The first kappa shape index (κ1) is 17.9. The van der Waals surface area contributed by atoms with Crippen LogP contribution in [-0.2, 0) is 4.79 Å². The zero-order valence-electron chi connectivity index (χ0n) is 12.2. The van der Waals surface area contributed by atoms with Gasteiger partial charge in [0.2, 0.25) is 5.91 Å². The Bertz CT molecular complexity index is 264. The Balaban J connectivity index is 3.51. The predicted molar refractivity (Wildman–Crippen MR) is 80.2 cm³/mol. The highest BCUT2D eigenvalue weighted by Gasteiger charge is 2.11. The van der Waals surface area contributed by atoms with Crippen LogP contribution in [0.25, 0.3) is 0 Å². The summed E-state index contributed by atoms with van der Waals surface area (Å²) in [5.41, 5.74) is 11.2. The van der Waals surface area contributed by atoms with Gasteiger partial charge < -0.3 is 22.1 Å². The Morgan fingerprint density at radius 1 is 1.26 bits per heavy atom. The highest BCUT2D eigenvalue weighted by Crippen LogP contribution is 1.95. The van der Waals surface area contributed by atoms with Crippen LogP contribution in [0, 0.1) is 0 Å². The van der Waals surface area contributed by atoms with E-state index in [1.54, 1.807) is 6.92 Å². The van der Waals surface area contributed by atoms with Crippen molar-refractivity contribution in [1.82, 2.24) is 10.6 Å². The van der Waals surface area contributed by atoms with Crippen LogP contribution < -0.4 is 22.1 Å². The molecule has 6 heteroatoms. The van der Waals surface area contributed by atoms with Gasteiger partial charge in [0.25, 0.3) is 0 Å². The van der Waals surface area contributed by atoms with Crippen molar-refractivity contribution >= 4 is 11.7 Å². The van der Waals surface area contributed by atoms with Crippen LogP contribution in [-0.4, -0.2) is 44.0 Å². The number of amidine groups is 1. The van der Waals surface area contributed by atoms with Gasteiger partial charge in [-0.2, -0.15) is 0 Å². The molecule has 0 aromatic heterocycles. The average Bonchev–Trinajstić information content (AvgIpc) is 2.38. The van der Waals surface area contributed by atoms with Crippen LogP contribution in [0.15, 0.2) is 4.99 Å². The lowest BCUT2D eigenvalue weighted by atomic mass is 10.1. The summed E-state index contributed by atoms with van der Waals surface area (Å²) in [4.78, 5) is 15.7. The number of hydrogen-bond donors (Lipinski definition) is 4. The topological polar surface area (TPSA) is 106 Å². The Morgan fingerprint density at radius 3 is 2.63 bits per heavy atom. The summed E-state index contributed by atoms with van der Waals surface area (Å²) in [7, 11) is 0. The summed E-state index contributed by atoms with van der Waals surface area (Å²) in [5, 5.41) is 6.13. The van der Waals surface area contributed by atoms with Gasteiger partial charge in [0.05, 0.1) is 11.9 Å². The molecule has 0 aromatic carbocycles. The van der Waals surface area contributed by atoms with Gasteiger partial charge in [-0.3, -0.25) is 9.79 Å². The normalized spacial score (nSPS) is 13.3. The molecule has 6 nitrogen and oxygen atoms in total. The van der Waals surface area contributed by atoms with Crippen molar-refractivity contribution in [2.24, 2.45) is 16.5 Å². The Morgan fingerprint density at radius 2 is 2.00 bits per heavy atom. The number of carbonyl (C=O) groups excluding carboxylic acids is 1. The smallest absolute Gasteiger partial charge is 0.236 e. The van der Waals surface area contributed by atoms with E-state index in [2.05, 4.69) is 22.5 Å². The van der Waals surface area contributed by atoms with E-state index in [4.69, 9.17) is 11.5 Å². The van der Waals surface area contributed by atoms with Crippen molar-refractivity contribution in [3.63, 3.8) is 0 Å². The molecule has 0 radical (unpaired) electrons. The zero-order chi connectivity index (χ0) is 14.5. The van der Waals surface area contributed by atoms with Crippen molar-refractivity contribution in [3.8, 4) is 0 Å². The monoisotopic (exact) mass is 271 g/mol. The lowest BCUT2D eigenvalue weighted by Crippen LogP contribution is -2.41. The quantitative estimate of drug-likeness (QED) is 0.241. The van der Waals surface area contributed by atoms with Gasteiger partial charge in [0.15, 0.2) is 0 Å². The number of aliphatic imine (C=N–C) groups is 1. The second kappa shape index (κ2) is 11.9. The number of nitrogens with two attached hydrogens (primary N) is 2. The summed E-state index contributed by atoms with van der Waals surface area (Å²) < 4.78 is 0. The molecule has 0 bridgehead atoms. The molecule has 6 N–H and O–H groups in total. The second-order valence-electron chi connectivity index (χ2n) is 4.67. The minimum atomic E-state index is -0.447. The summed E-state index contributed by atoms with van der Waals surface area (Å²) in [6, 6.07) is -0.447. The molecule has 0 fully saturated rings. The van der Waals surface area contributed by atoms with Crippen LogP contribution in [0.4, 0.5) is 0 Å². The Hall–Kier alpha value is -1.14. The third-order valence-corrected chi connectivity index (χ3v) is 2.63. The van der Waals surface area contributed by atoms with Crippen LogP contribution in [0.1, 0.15) is 39.5 Å². The second-order valence-corrected chi connectivity index (χ2v) is 4.67. The molecule has 0 spiro atoms. The van der Waals surface area contributed by atoms with Gasteiger partial charge in [-0.15, -0.1) is 0 Å². The first-order chi connectivity index (χ1) is 9.07. The van der Waals surface area contributed by atoms with Gasteiger partial charge in [-0.05, 0) is 45.7 Å². The third-order valence-electron chi connectivity index (χ3n) is 2.63. The highest BCUT2D eigenvalue weighted by molar-refractivity contribution is 5.81. The number of nitrogens with zero attached hydrogens (tertiary/aromatic N) is 1.